The van der Waals surface area contributed by atoms with Crippen LogP contribution in [0.5, 0.6) is 5.75 Å². The summed E-state index contributed by atoms with van der Waals surface area (Å²) in [5.74, 6) is 0.439. The van der Waals surface area contributed by atoms with Gasteiger partial charge in [0.05, 0.1) is 24.5 Å². The van der Waals surface area contributed by atoms with E-state index in [9.17, 15) is 9.59 Å². The van der Waals surface area contributed by atoms with E-state index in [0.717, 1.165) is 17.0 Å². The van der Waals surface area contributed by atoms with Crippen molar-refractivity contribution in [2.24, 2.45) is 0 Å². The van der Waals surface area contributed by atoms with E-state index in [2.05, 4.69) is 11.9 Å². The zero-order chi connectivity index (χ0) is 21.8. The number of benzene rings is 3. The summed E-state index contributed by atoms with van der Waals surface area (Å²) in [6.45, 7) is 7.17. The van der Waals surface area contributed by atoms with Gasteiger partial charge < -0.3 is 14.8 Å². The minimum absolute atomic E-state index is 0.133. The van der Waals surface area contributed by atoms with Crippen LogP contribution in [-0.4, -0.2) is 31.4 Å². The Morgan fingerprint density at radius 1 is 0.839 bits per heavy atom. The molecule has 0 atom stereocenters. The van der Waals surface area contributed by atoms with Crippen LogP contribution in [0.3, 0.4) is 0 Å². The normalized spacial score (nSPS) is 12.2. The van der Waals surface area contributed by atoms with E-state index in [1.807, 2.05) is 31.2 Å². The number of rotatable bonds is 8. The summed E-state index contributed by atoms with van der Waals surface area (Å²) in [5, 5.41) is 3.27. The van der Waals surface area contributed by atoms with Gasteiger partial charge in [0.25, 0.3) is 0 Å². The largest absolute Gasteiger partial charge is 0.491 e. The van der Waals surface area contributed by atoms with Crippen molar-refractivity contribution >= 4 is 22.9 Å². The maximum absolute atomic E-state index is 13.1. The fraction of sp³-hybridized carbons (Fsp3) is 0.154. The lowest BCUT2D eigenvalue weighted by atomic mass is 9.83. The first-order chi connectivity index (χ1) is 15.0. The van der Waals surface area contributed by atoms with Crippen molar-refractivity contribution in [1.29, 1.82) is 0 Å². The van der Waals surface area contributed by atoms with E-state index in [0.29, 0.717) is 47.8 Å². The minimum atomic E-state index is -0.150. The second-order valence-corrected chi connectivity index (χ2v) is 7.44. The van der Waals surface area contributed by atoms with Crippen molar-refractivity contribution in [1.82, 2.24) is 0 Å². The molecule has 1 aliphatic rings. The van der Waals surface area contributed by atoms with Crippen LogP contribution < -0.4 is 10.1 Å². The van der Waals surface area contributed by atoms with Crippen LogP contribution in [0.4, 0.5) is 11.4 Å². The third-order valence-corrected chi connectivity index (χ3v) is 4.93. The first kappa shape index (κ1) is 20.6. The molecule has 156 valence electrons. The predicted molar refractivity (Wildman–Crippen MR) is 121 cm³/mol. The molecule has 0 amide bonds. The number of anilines is 2. The predicted octanol–water partition coefficient (Wildman–Crippen LogP) is 5.18. The maximum atomic E-state index is 13.1. The van der Waals surface area contributed by atoms with Crippen molar-refractivity contribution in [2.45, 2.75) is 6.92 Å². The van der Waals surface area contributed by atoms with Crippen LogP contribution in [0.25, 0.3) is 0 Å². The van der Waals surface area contributed by atoms with Crippen molar-refractivity contribution < 1.29 is 19.1 Å². The smallest absolute Gasteiger partial charge is 0.196 e. The topological polar surface area (TPSA) is 64.6 Å². The highest BCUT2D eigenvalue weighted by Gasteiger charge is 2.31. The molecule has 0 spiro atoms. The molecular weight excluding hydrogens is 390 g/mol. The summed E-state index contributed by atoms with van der Waals surface area (Å²) < 4.78 is 11.1. The Kier molecular flexibility index (Phi) is 5.96. The van der Waals surface area contributed by atoms with Crippen molar-refractivity contribution in [3.63, 3.8) is 0 Å². The molecule has 0 bridgehead atoms. The number of ether oxygens (including phenoxy) is 2. The highest BCUT2D eigenvalue weighted by Crippen LogP contribution is 2.33. The van der Waals surface area contributed by atoms with Gasteiger partial charge in [-0.25, -0.2) is 0 Å². The molecule has 0 saturated heterocycles. The lowest BCUT2D eigenvalue weighted by Crippen LogP contribution is -2.22. The second-order valence-electron chi connectivity index (χ2n) is 7.44. The number of ketones is 2. The lowest BCUT2D eigenvalue weighted by Gasteiger charge is -2.20. The van der Waals surface area contributed by atoms with Gasteiger partial charge in [-0.05, 0) is 37.3 Å². The fourth-order valence-electron chi connectivity index (χ4n) is 3.50. The van der Waals surface area contributed by atoms with E-state index in [1.54, 1.807) is 42.5 Å². The summed E-state index contributed by atoms with van der Waals surface area (Å²) in [5.41, 5.74) is 4.08. The molecule has 5 nitrogen and oxygen atoms in total. The van der Waals surface area contributed by atoms with Crippen LogP contribution in [-0.2, 0) is 4.74 Å². The van der Waals surface area contributed by atoms with Crippen LogP contribution in [0.1, 0.15) is 38.8 Å². The molecule has 1 N–H and O–H groups in total. The molecule has 3 aromatic carbocycles. The van der Waals surface area contributed by atoms with Crippen LogP contribution in [0.15, 0.2) is 78.9 Å². The van der Waals surface area contributed by atoms with Crippen molar-refractivity contribution in [3.8, 4) is 5.75 Å². The van der Waals surface area contributed by atoms with Crippen molar-refractivity contribution in [3.05, 3.63) is 101 Å². The van der Waals surface area contributed by atoms with Gasteiger partial charge in [-0.1, -0.05) is 48.6 Å². The fourth-order valence-corrected chi connectivity index (χ4v) is 3.50. The molecule has 1 aliphatic carbocycles. The van der Waals surface area contributed by atoms with Gasteiger partial charge in [0.2, 0.25) is 0 Å². The van der Waals surface area contributed by atoms with Gasteiger partial charge in [0, 0.05) is 22.4 Å². The van der Waals surface area contributed by atoms with E-state index in [4.69, 9.17) is 9.47 Å². The highest BCUT2D eigenvalue weighted by molar-refractivity contribution is 6.30. The maximum Gasteiger partial charge on any atom is 0.196 e. The molecule has 0 radical (unpaired) electrons. The van der Waals surface area contributed by atoms with Gasteiger partial charge in [-0.15, -0.1) is 0 Å². The third kappa shape index (κ3) is 4.42. The third-order valence-electron chi connectivity index (χ3n) is 4.93. The summed E-state index contributed by atoms with van der Waals surface area (Å²) >= 11 is 0. The average Bonchev–Trinajstić information content (AvgIpc) is 2.78. The minimum Gasteiger partial charge on any atom is -0.491 e. The SMILES string of the molecule is C=C(C)COCCOc1ccc(Nc2cccc3c2C(=O)c2ccccc2C3=O)cc1. The first-order valence-electron chi connectivity index (χ1n) is 10.1. The van der Waals surface area contributed by atoms with Crippen molar-refractivity contribution in [2.75, 3.05) is 25.1 Å². The van der Waals surface area contributed by atoms with Gasteiger partial charge in [-0.3, -0.25) is 9.59 Å². The summed E-state index contributed by atoms with van der Waals surface area (Å²) in [6, 6.07) is 19.6. The molecule has 0 heterocycles. The number of hydrogen-bond acceptors (Lipinski definition) is 5. The first-order valence-corrected chi connectivity index (χ1v) is 10.1. The number of fused-ring (bicyclic) bond motifs is 2. The Morgan fingerprint density at radius 2 is 1.52 bits per heavy atom. The molecule has 0 unspecified atom stereocenters. The number of carbonyl (C=O) groups excluding carboxylic acids is 2. The van der Waals surface area contributed by atoms with E-state index >= 15 is 0 Å². The Morgan fingerprint density at radius 3 is 2.23 bits per heavy atom. The van der Waals surface area contributed by atoms with E-state index in [1.165, 1.54) is 0 Å². The summed E-state index contributed by atoms with van der Waals surface area (Å²) in [7, 11) is 0. The molecule has 0 saturated carbocycles. The van der Waals surface area contributed by atoms with E-state index < -0.39 is 0 Å². The molecular formula is C26H23NO4. The molecule has 4 rings (SSSR count). The molecule has 31 heavy (non-hydrogen) atoms. The van der Waals surface area contributed by atoms with Gasteiger partial charge in [-0.2, -0.15) is 0 Å². The Bertz CT molecular complexity index is 1150. The molecule has 0 aromatic heterocycles. The van der Waals surface area contributed by atoms with Gasteiger partial charge >= 0.3 is 0 Å². The number of nitrogens with one attached hydrogen (secondary N) is 1. The summed E-state index contributed by atoms with van der Waals surface area (Å²) in [4.78, 5) is 26.0. The molecule has 3 aromatic rings. The number of carbonyl (C=O) groups is 2. The van der Waals surface area contributed by atoms with Gasteiger partial charge in [0.1, 0.15) is 12.4 Å². The Hall–Kier alpha value is -3.70. The Labute approximate surface area is 181 Å². The van der Waals surface area contributed by atoms with Gasteiger partial charge in [0.15, 0.2) is 11.6 Å². The number of hydrogen-bond donors (Lipinski definition) is 1. The Balaban J connectivity index is 1.48. The van der Waals surface area contributed by atoms with Crippen LogP contribution in [0.2, 0.25) is 0 Å². The summed E-state index contributed by atoms with van der Waals surface area (Å²) in [6.07, 6.45) is 0. The van der Waals surface area contributed by atoms with E-state index in [-0.39, 0.29) is 11.6 Å². The van der Waals surface area contributed by atoms with Crippen LogP contribution >= 0.6 is 0 Å². The quantitative estimate of drug-likeness (QED) is 0.319. The zero-order valence-electron chi connectivity index (χ0n) is 17.3. The second kappa shape index (κ2) is 8.98. The highest BCUT2D eigenvalue weighted by atomic mass is 16.5. The molecule has 5 heteroatoms. The van der Waals surface area contributed by atoms with Crippen LogP contribution in [0, 0.1) is 0 Å². The molecule has 0 fully saturated rings. The zero-order valence-corrected chi connectivity index (χ0v) is 17.3. The standard InChI is InChI=1S/C26H23NO4/c1-17(2)16-30-14-15-31-19-12-10-18(11-13-19)27-23-9-5-8-22-24(23)26(29)21-7-4-3-6-20(21)25(22)28/h3-13,27H,1,14-16H2,2H3. The average molecular weight is 413 g/mol. The monoisotopic (exact) mass is 413 g/mol. The molecule has 0 aliphatic heterocycles. The lowest BCUT2D eigenvalue weighted by molar-refractivity contribution is 0.0979.